The highest BCUT2D eigenvalue weighted by molar-refractivity contribution is 5.61. The summed E-state index contributed by atoms with van der Waals surface area (Å²) in [7, 11) is 0. The summed E-state index contributed by atoms with van der Waals surface area (Å²) in [6, 6.07) is 5.66. The fraction of sp³-hybridized carbons (Fsp3) is 0.348. The molecule has 178 valence electrons. The van der Waals surface area contributed by atoms with Crippen molar-refractivity contribution in [2.24, 2.45) is 0 Å². The van der Waals surface area contributed by atoms with E-state index in [1.165, 1.54) is 11.6 Å². The van der Waals surface area contributed by atoms with Gasteiger partial charge in [0.15, 0.2) is 0 Å². The van der Waals surface area contributed by atoms with Gasteiger partial charge in [-0.15, -0.1) is 0 Å². The highest BCUT2D eigenvalue weighted by atomic mass is 19.4. The summed E-state index contributed by atoms with van der Waals surface area (Å²) in [5.74, 6) is 0. The van der Waals surface area contributed by atoms with Crippen LogP contribution in [-0.4, -0.2) is 36.3 Å². The van der Waals surface area contributed by atoms with Crippen LogP contribution in [0.1, 0.15) is 29.3 Å². The molecule has 1 aromatic heterocycles. The van der Waals surface area contributed by atoms with Crippen LogP contribution in [0.15, 0.2) is 60.2 Å². The van der Waals surface area contributed by atoms with Crippen LogP contribution in [0.3, 0.4) is 0 Å². The summed E-state index contributed by atoms with van der Waals surface area (Å²) in [6.45, 7) is 1.78. The summed E-state index contributed by atoms with van der Waals surface area (Å²) >= 11 is 0. The first-order chi connectivity index (χ1) is 15.5. The third-order valence-corrected chi connectivity index (χ3v) is 5.02. The molecule has 1 aliphatic carbocycles. The molecule has 2 aromatic rings. The van der Waals surface area contributed by atoms with Gasteiger partial charge in [-0.05, 0) is 41.8 Å². The Labute approximate surface area is 187 Å². The van der Waals surface area contributed by atoms with Gasteiger partial charge in [0.05, 0.1) is 17.4 Å². The average molecular weight is 471 g/mol. The second-order valence-corrected chi connectivity index (χ2v) is 7.56. The number of aliphatic hydroxyl groups excluding tert-OH is 1. The minimum atomic E-state index is -4.78. The second-order valence-electron chi connectivity index (χ2n) is 7.56. The molecule has 0 amide bonds. The van der Waals surface area contributed by atoms with E-state index in [2.05, 4.69) is 27.8 Å². The van der Waals surface area contributed by atoms with E-state index >= 15 is 0 Å². The molecule has 10 heteroatoms. The number of nitrogens with zero attached hydrogens (tertiary/aromatic N) is 1. The molecule has 0 spiro atoms. The summed E-state index contributed by atoms with van der Waals surface area (Å²) in [5, 5.41) is 16.6. The van der Waals surface area contributed by atoms with Crippen molar-refractivity contribution in [3.63, 3.8) is 0 Å². The third-order valence-electron chi connectivity index (χ3n) is 5.02. The van der Waals surface area contributed by atoms with Gasteiger partial charge in [-0.3, -0.25) is 0 Å². The Bertz CT molecular complexity index is 997. The van der Waals surface area contributed by atoms with E-state index < -0.39 is 29.7 Å². The molecule has 33 heavy (non-hydrogen) atoms. The van der Waals surface area contributed by atoms with Crippen molar-refractivity contribution in [1.82, 2.24) is 15.6 Å². The smallest absolute Gasteiger partial charge is 0.387 e. The first-order valence-corrected chi connectivity index (χ1v) is 10.3. The Kier molecular flexibility index (Phi) is 7.93. The van der Waals surface area contributed by atoms with Crippen molar-refractivity contribution in [3.05, 3.63) is 77.0 Å². The van der Waals surface area contributed by atoms with Gasteiger partial charge in [0, 0.05) is 31.7 Å². The second kappa shape index (κ2) is 10.5. The van der Waals surface area contributed by atoms with Gasteiger partial charge < -0.3 is 15.7 Å². The third kappa shape index (κ3) is 7.15. The van der Waals surface area contributed by atoms with Crippen LogP contribution in [0, 0.1) is 0 Å². The molecule has 0 saturated heterocycles. The number of benzene rings is 1. The molecule has 0 saturated carbocycles. The van der Waals surface area contributed by atoms with E-state index in [1.807, 2.05) is 6.08 Å². The number of allylic oxidation sites excluding steroid dienone is 2. The average Bonchev–Trinajstić information content (AvgIpc) is 3.28. The van der Waals surface area contributed by atoms with Crippen molar-refractivity contribution >= 4 is 0 Å². The van der Waals surface area contributed by atoms with E-state index in [9.17, 15) is 31.4 Å². The molecule has 1 heterocycles. The van der Waals surface area contributed by atoms with Crippen LogP contribution in [0.5, 0.6) is 0 Å². The molecule has 4 nitrogen and oxygen atoms in total. The molecule has 3 N–H and O–H groups in total. The monoisotopic (exact) mass is 471 g/mol. The van der Waals surface area contributed by atoms with E-state index in [0.717, 1.165) is 36.8 Å². The molecular weight excluding hydrogens is 448 g/mol. The van der Waals surface area contributed by atoms with E-state index in [-0.39, 0.29) is 23.4 Å². The van der Waals surface area contributed by atoms with Gasteiger partial charge in [0.1, 0.15) is 5.69 Å². The van der Waals surface area contributed by atoms with Crippen LogP contribution in [0.4, 0.5) is 26.3 Å². The molecule has 1 aliphatic rings. The van der Waals surface area contributed by atoms with E-state index in [1.54, 1.807) is 0 Å². The minimum absolute atomic E-state index is 0.00194. The zero-order valence-electron chi connectivity index (χ0n) is 17.5. The van der Waals surface area contributed by atoms with Crippen LogP contribution in [0.2, 0.25) is 0 Å². The van der Waals surface area contributed by atoms with E-state index in [4.69, 9.17) is 0 Å². The largest absolute Gasteiger partial charge is 0.433 e. The Hall–Kier alpha value is -2.69. The molecule has 0 unspecified atom stereocenters. The highest BCUT2D eigenvalue weighted by Gasteiger charge is 2.34. The number of aromatic nitrogens is 1. The maximum Gasteiger partial charge on any atom is 0.433 e. The Morgan fingerprint density at radius 1 is 0.939 bits per heavy atom. The standard InChI is InChI=1S/C23H23F6N3O/c24-22(25,26)18-7-5-16(6-8-18)19-11-17(12-21(32-19)23(27,28)29)20(33)14-31-10-9-30-13-15-3-1-2-4-15/h1,3-8,11-12,20,30-31,33H,2,9-10,13-14H2/t20-/m0/s1. The number of alkyl halides is 6. The number of nitrogens with one attached hydrogen (secondary N) is 2. The lowest BCUT2D eigenvalue weighted by Crippen LogP contribution is -2.31. The lowest BCUT2D eigenvalue weighted by Gasteiger charge is -2.16. The maximum atomic E-state index is 13.3. The predicted octanol–water partition coefficient (Wildman–Crippen LogP) is 4.89. The summed E-state index contributed by atoms with van der Waals surface area (Å²) in [6.07, 6.45) is -3.51. The Balaban J connectivity index is 1.67. The van der Waals surface area contributed by atoms with Gasteiger partial charge in [-0.1, -0.05) is 30.4 Å². The van der Waals surface area contributed by atoms with Crippen LogP contribution >= 0.6 is 0 Å². The van der Waals surface area contributed by atoms with Gasteiger partial charge in [-0.2, -0.15) is 26.3 Å². The zero-order chi connectivity index (χ0) is 24.1. The number of rotatable bonds is 9. The molecular formula is C23H23F6N3O. The molecule has 0 radical (unpaired) electrons. The van der Waals surface area contributed by atoms with Crippen molar-refractivity contribution in [1.29, 1.82) is 0 Å². The zero-order valence-corrected chi connectivity index (χ0v) is 17.5. The van der Waals surface area contributed by atoms with Crippen molar-refractivity contribution in [3.8, 4) is 11.3 Å². The van der Waals surface area contributed by atoms with Crippen molar-refractivity contribution < 1.29 is 31.4 Å². The minimum Gasteiger partial charge on any atom is -0.387 e. The SMILES string of the molecule is O[C@@H](CNCCNCC1=CCC=C1)c1cc(-c2ccc(C(F)(F)F)cc2)nc(C(F)(F)F)c1. The quantitative estimate of drug-likeness (QED) is 0.360. The summed E-state index contributed by atoms with van der Waals surface area (Å²) in [5.41, 5.74) is -1.09. The van der Waals surface area contributed by atoms with Crippen molar-refractivity contribution in [2.45, 2.75) is 24.9 Å². The lowest BCUT2D eigenvalue weighted by molar-refractivity contribution is -0.141. The number of hydrogen-bond donors (Lipinski definition) is 3. The number of halogens is 6. The number of pyridine rings is 1. The maximum absolute atomic E-state index is 13.3. The van der Waals surface area contributed by atoms with Gasteiger partial charge in [0.2, 0.25) is 0 Å². The topological polar surface area (TPSA) is 57.2 Å². The molecule has 0 aliphatic heterocycles. The van der Waals surface area contributed by atoms with Crippen molar-refractivity contribution in [2.75, 3.05) is 26.2 Å². The van der Waals surface area contributed by atoms with Crippen LogP contribution in [0.25, 0.3) is 11.3 Å². The summed E-state index contributed by atoms with van der Waals surface area (Å²) < 4.78 is 78.3. The first-order valence-electron chi connectivity index (χ1n) is 10.3. The van der Waals surface area contributed by atoms with Gasteiger partial charge in [-0.25, -0.2) is 4.98 Å². The fourth-order valence-corrected chi connectivity index (χ4v) is 3.27. The Morgan fingerprint density at radius 2 is 1.64 bits per heavy atom. The fourth-order valence-electron chi connectivity index (χ4n) is 3.27. The molecule has 0 fully saturated rings. The number of hydrogen-bond acceptors (Lipinski definition) is 4. The highest BCUT2D eigenvalue weighted by Crippen LogP contribution is 2.34. The first kappa shape index (κ1) is 24.9. The van der Waals surface area contributed by atoms with Gasteiger partial charge >= 0.3 is 12.4 Å². The lowest BCUT2D eigenvalue weighted by atomic mass is 10.0. The number of aliphatic hydroxyl groups is 1. The summed E-state index contributed by atoms with van der Waals surface area (Å²) in [4.78, 5) is 3.55. The molecule has 3 rings (SSSR count). The molecule has 0 bridgehead atoms. The Morgan fingerprint density at radius 3 is 2.24 bits per heavy atom. The molecule has 1 atom stereocenters. The van der Waals surface area contributed by atoms with Gasteiger partial charge in [0.25, 0.3) is 0 Å². The van der Waals surface area contributed by atoms with E-state index in [0.29, 0.717) is 19.6 Å². The van der Waals surface area contributed by atoms with Crippen LogP contribution < -0.4 is 10.6 Å². The molecule has 1 aromatic carbocycles. The van der Waals surface area contributed by atoms with Crippen LogP contribution in [-0.2, 0) is 12.4 Å². The normalized spacial score (nSPS) is 15.1. The predicted molar refractivity (Wildman–Crippen MR) is 112 cm³/mol.